The van der Waals surface area contributed by atoms with E-state index >= 15 is 0 Å². The van der Waals surface area contributed by atoms with E-state index in [0.29, 0.717) is 23.5 Å². The summed E-state index contributed by atoms with van der Waals surface area (Å²) >= 11 is 2.13. The molecule has 27 heavy (non-hydrogen) atoms. The second kappa shape index (κ2) is 7.97. The van der Waals surface area contributed by atoms with Crippen molar-refractivity contribution < 1.29 is 13.2 Å². The van der Waals surface area contributed by atoms with Crippen molar-refractivity contribution in [3.05, 3.63) is 57.2 Å². The van der Waals surface area contributed by atoms with E-state index in [1.807, 2.05) is 31.0 Å². The first kappa shape index (κ1) is 19.8. The molecule has 0 aromatic heterocycles. The molecule has 1 aliphatic rings. The van der Waals surface area contributed by atoms with E-state index in [1.54, 1.807) is 18.2 Å². The fourth-order valence-corrected chi connectivity index (χ4v) is 4.60. The zero-order valence-corrected chi connectivity index (χ0v) is 18.0. The first-order valence-electron chi connectivity index (χ1n) is 8.49. The van der Waals surface area contributed by atoms with E-state index in [1.165, 1.54) is 12.1 Å². The lowest BCUT2D eigenvalue weighted by atomic mass is 10.1. The highest BCUT2D eigenvalue weighted by Crippen LogP contribution is 2.22. The predicted octanol–water partition coefficient (Wildman–Crippen LogP) is 3.66. The smallest absolute Gasteiger partial charge is 0.284 e. The molecule has 1 saturated heterocycles. The molecular weight excluding hydrogens is 477 g/mol. The summed E-state index contributed by atoms with van der Waals surface area (Å²) in [7, 11) is -1.99. The van der Waals surface area contributed by atoms with Crippen molar-refractivity contribution in [2.75, 3.05) is 18.9 Å². The van der Waals surface area contributed by atoms with Gasteiger partial charge >= 0.3 is 0 Å². The van der Waals surface area contributed by atoms with Crippen LogP contribution in [0.25, 0.3) is 0 Å². The van der Waals surface area contributed by atoms with Crippen LogP contribution in [0.15, 0.2) is 51.8 Å². The molecule has 0 atom stereocenters. The van der Waals surface area contributed by atoms with Crippen LogP contribution < -0.4 is 5.32 Å². The van der Waals surface area contributed by atoms with Gasteiger partial charge in [-0.15, -0.1) is 4.40 Å². The number of hydrogen-bond donors (Lipinski definition) is 1. The number of amidine groups is 1. The van der Waals surface area contributed by atoms with Crippen molar-refractivity contribution >= 4 is 50.0 Å². The lowest BCUT2D eigenvalue weighted by Crippen LogP contribution is -2.20. The molecule has 1 N–H and O–H groups in total. The summed E-state index contributed by atoms with van der Waals surface area (Å²) in [5, 5.41) is 2.77. The number of aryl methyl sites for hydroxylation is 1. The average molecular weight is 497 g/mol. The summed E-state index contributed by atoms with van der Waals surface area (Å²) in [6, 6.07) is 11.7. The maximum atomic E-state index is 12.6. The summed E-state index contributed by atoms with van der Waals surface area (Å²) in [4.78, 5) is 14.5. The van der Waals surface area contributed by atoms with Crippen molar-refractivity contribution in [2.45, 2.75) is 24.7 Å². The molecule has 0 bridgehead atoms. The number of carbonyl (C=O) groups is 1. The Morgan fingerprint density at radius 1 is 1.22 bits per heavy atom. The lowest BCUT2D eigenvalue weighted by Gasteiger charge is -2.12. The van der Waals surface area contributed by atoms with Gasteiger partial charge in [-0.1, -0.05) is 18.2 Å². The van der Waals surface area contributed by atoms with Gasteiger partial charge < -0.3 is 10.2 Å². The highest BCUT2D eigenvalue weighted by molar-refractivity contribution is 14.1. The Labute approximate surface area is 172 Å². The number of halogens is 1. The summed E-state index contributed by atoms with van der Waals surface area (Å²) in [5.74, 6) is 0.290. The van der Waals surface area contributed by atoms with Gasteiger partial charge in [-0.25, -0.2) is 0 Å². The Morgan fingerprint density at radius 2 is 1.96 bits per heavy atom. The molecule has 1 aliphatic heterocycles. The molecule has 1 heterocycles. The molecule has 3 rings (SSSR count). The molecule has 1 amide bonds. The Kier molecular flexibility index (Phi) is 5.85. The van der Waals surface area contributed by atoms with Crippen LogP contribution in [0.2, 0.25) is 0 Å². The number of carbonyl (C=O) groups excluding carboxylic acids is 1. The third-order valence-electron chi connectivity index (χ3n) is 4.39. The van der Waals surface area contributed by atoms with Gasteiger partial charge in [-0.05, 0) is 65.8 Å². The third-order valence-corrected chi connectivity index (χ3v) is 7.12. The van der Waals surface area contributed by atoms with Gasteiger partial charge in [0.05, 0.1) is 10.5 Å². The number of nitrogens with zero attached hydrogens (tertiary/aromatic N) is 2. The molecule has 0 saturated carbocycles. The molecule has 6 nitrogen and oxygen atoms in total. The van der Waals surface area contributed by atoms with Crippen LogP contribution in [0, 0.1) is 10.5 Å². The standard InChI is InChI=1S/C19H20IN3O3S/c1-13-6-3-9-16(18(13)20)19(24)21-14-7-4-8-15(12-14)27(25,26)22-17-10-5-11-23(17)2/h3-4,6-9,12H,5,10-11H2,1-2H3,(H,21,24)/b22-17+. The molecule has 2 aromatic carbocycles. The van der Waals surface area contributed by atoms with Gasteiger partial charge in [0.25, 0.3) is 15.9 Å². The maximum Gasteiger partial charge on any atom is 0.284 e. The molecule has 0 radical (unpaired) electrons. The predicted molar refractivity (Wildman–Crippen MR) is 115 cm³/mol. The summed E-state index contributed by atoms with van der Waals surface area (Å²) in [6.45, 7) is 2.74. The Hall–Kier alpha value is -1.94. The van der Waals surface area contributed by atoms with Crippen molar-refractivity contribution in [3.63, 3.8) is 0 Å². The number of anilines is 1. The Balaban J connectivity index is 1.85. The minimum atomic E-state index is -3.82. The Morgan fingerprint density at radius 3 is 2.67 bits per heavy atom. The molecular formula is C19H20IN3O3S. The van der Waals surface area contributed by atoms with E-state index in [2.05, 4.69) is 32.3 Å². The van der Waals surface area contributed by atoms with Gasteiger partial charge in [-0.2, -0.15) is 8.42 Å². The quantitative estimate of drug-likeness (QED) is 0.655. The van der Waals surface area contributed by atoms with Crippen LogP contribution in [0.4, 0.5) is 5.69 Å². The van der Waals surface area contributed by atoms with E-state index < -0.39 is 10.0 Å². The highest BCUT2D eigenvalue weighted by Gasteiger charge is 2.21. The van der Waals surface area contributed by atoms with Crippen molar-refractivity contribution in [1.29, 1.82) is 0 Å². The van der Waals surface area contributed by atoms with Gasteiger partial charge in [0, 0.05) is 29.3 Å². The molecule has 0 aliphatic carbocycles. The van der Waals surface area contributed by atoms with Gasteiger partial charge in [-0.3, -0.25) is 4.79 Å². The minimum absolute atomic E-state index is 0.0621. The topological polar surface area (TPSA) is 78.8 Å². The molecule has 8 heteroatoms. The van der Waals surface area contributed by atoms with Gasteiger partial charge in [0.1, 0.15) is 5.84 Å². The third kappa shape index (κ3) is 4.49. The summed E-state index contributed by atoms with van der Waals surface area (Å²) in [5.41, 5.74) is 1.98. The van der Waals surface area contributed by atoms with Crippen LogP contribution in [-0.4, -0.2) is 38.7 Å². The van der Waals surface area contributed by atoms with Crippen molar-refractivity contribution in [1.82, 2.24) is 4.90 Å². The molecule has 1 fully saturated rings. The number of rotatable bonds is 4. The first-order chi connectivity index (χ1) is 12.8. The maximum absolute atomic E-state index is 12.6. The number of sulfonamides is 1. The highest BCUT2D eigenvalue weighted by atomic mass is 127. The normalized spacial score (nSPS) is 16.0. The van der Waals surface area contributed by atoms with E-state index in [9.17, 15) is 13.2 Å². The number of benzene rings is 2. The van der Waals surface area contributed by atoms with E-state index in [-0.39, 0.29) is 10.8 Å². The zero-order chi connectivity index (χ0) is 19.6. The Bertz CT molecular complexity index is 1020. The zero-order valence-electron chi connectivity index (χ0n) is 15.1. The fourth-order valence-electron chi connectivity index (χ4n) is 2.86. The lowest BCUT2D eigenvalue weighted by molar-refractivity contribution is 0.102. The van der Waals surface area contributed by atoms with Crippen LogP contribution in [-0.2, 0) is 10.0 Å². The largest absolute Gasteiger partial charge is 0.362 e. The SMILES string of the molecule is Cc1cccc(C(=O)Nc2cccc(S(=O)(=O)/N=C3\CCCN3C)c2)c1I. The first-order valence-corrected chi connectivity index (χ1v) is 11.0. The van der Waals surface area contributed by atoms with Crippen molar-refractivity contribution in [3.8, 4) is 0 Å². The minimum Gasteiger partial charge on any atom is -0.362 e. The number of amides is 1. The van der Waals surface area contributed by atoms with Gasteiger partial charge in [0.2, 0.25) is 0 Å². The van der Waals surface area contributed by atoms with Gasteiger partial charge in [0.15, 0.2) is 0 Å². The molecule has 0 spiro atoms. The molecule has 142 valence electrons. The fraction of sp³-hybridized carbons (Fsp3) is 0.263. The number of hydrogen-bond acceptors (Lipinski definition) is 3. The van der Waals surface area contributed by atoms with Crippen LogP contribution in [0.5, 0.6) is 0 Å². The summed E-state index contributed by atoms with van der Waals surface area (Å²) in [6.07, 6.45) is 1.55. The van der Waals surface area contributed by atoms with E-state index in [0.717, 1.165) is 22.1 Å². The monoisotopic (exact) mass is 497 g/mol. The van der Waals surface area contributed by atoms with E-state index in [4.69, 9.17) is 0 Å². The molecule has 2 aromatic rings. The van der Waals surface area contributed by atoms with Crippen LogP contribution in [0.3, 0.4) is 0 Å². The number of likely N-dealkylation sites (tertiary alicyclic amines) is 1. The van der Waals surface area contributed by atoms with Crippen molar-refractivity contribution in [2.24, 2.45) is 4.40 Å². The average Bonchev–Trinajstić information content (AvgIpc) is 3.01. The van der Waals surface area contributed by atoms with Crippen LogP contribution in [0.1, 0.15) is 28.8 Å². The second-order valence-electron chi connectivity index (χ2n) is 6.43. The van der Waals surface area contributed by atoms with Crippen LogP contribution >= 0.6 is 22.6 Å². The second-order valence-corrected chi connectivity index (χ2v) is 9.11. The summed E-state index contributed by atoms with van der Waals surface area (Å²) < 4.78 is 30.1. The molecule has 0 unspecified atom stereocenters. The number of nitrogens with one attached hydrogen (secondary N) is 1.